The summed E-state index contributed by atoms with van der Waals surface area (Å²) in [5, 5.41) is 7.76. The number of aromatic nitrogens is 1. The lowest BCUT2D eigenvalue weighted by Crippen LogP contribution is -2.66. The maximum Gasteiger partial charge on any atom is 0.408 e. The number of nitrogens with two attached hydrogens (primary N) is 1. The van der Waals surface area contributed by atoms with E-state index in [1.807, 2.05) is 0 Å². The number of nitrogens with one attached hydrogen (secondary N) is 3. The van der Waals surface area contributed by atoms with Crippen molar-refractivity contribution in [3.8, 4) is 0 Å². The molecule has 0 spiro atoms. The summed E-state index contributed by atoms with van der Waals surface area (Å²) in [5.74, 6) is -2.06. The molecule has 1 aliphatic rings. The summed E-state index contributed by atoms with van der Waals surface area (Å²) in [7, 11) is 1.50. The number of carbonyl (C=O) groups is 4. The molecule has 3 aromatic rings. The molecule has 0 radical (unpaired) electrons. The van der Waals surface area contributed by atoms with Crippen LogP contribution in [0.5, 0.6) is 0 Å². The maximum atomic E-state index is 14.3. The second-order valence-corrected chi connectivity index (χ2v) is 12.7. The Morgan fingerprint density at radius 2 is 1.77 bits per heavy atom. The number of primary amides is 1. The minimum absolute atomic E-state index is 0.0252. The summed E-state index contributed by atoms with van der Waals surface area (Å²) in [6, 6.07) is 8.30. The topological polar surface area (TPSA) is 147 Å². The number of benzene rings is 2. The van der Waals surface area contributed by atoms with Crippen LogP contribution in [0.4, 0.5) is 4.79 Å². The fourth-order valence-electron chi connectivity index (χ4n) is 5.71. The predicted molar refractivity (Wildman–Crippen MR) is 171 cm³/mol. The van der Waals surface area contributed by atoms with E-state index in [-0.39, 0.29) is 25.4 Å². The fraction of sp³-hybridized carbons (Fsp3) is 0.419. The highest BCUT2D eigenvalue weighted by atomic mass is 35.5. The summed E-state index contributed by atoms with van der Waals surface area (Å²) in [4.78, 5) is 57.8. The van der Waals surface area contributed by atoms with Crippen LogP contribution in [-0.4, -0.2) is 58.4 Å². The van der Waals surface area contributed by atoms with Crippen LogP contribution in [0.2, 0.25) is 15.1 Å². The number of amides is 4. The molecule has 2 aromatic carbocycles. The first kappa shape index (κ1) is 33.4. The zero-order valence-electron chi connectivity index (χ0n) is 24.9. The Labute approximate surface area is 270 Å². The predicted octanol–water partition coefficient (Wildman–Crippen LogP) is 5.15. The third-order valence-corrected chi connectivity index (χ3v) is 8.85. The van der Waals surface area contributed by atoms with Crippen LogP contribution in [0.25, 0.3) is 10.9 Å². The monoisotopic (exact) mass is 663 g/mol. The molecule has 1 heterocycles. The molecule has 0 saturated heterocycles. The molecule has 236 valence electrons. The van der Waals surface area contributed by atoms with Crippen molar-refractivity contribution < 1.29 is 23.9 Å². The zero-order chi connectivity index (χ0) is 32.3. The normalized spacial score (nSPS) is 17.5. The molecule has 44 heavy (non-hydrogen) atoms. The SMILES string of the molecule is CC[C@@H](C(N)=O)N(C)C(=O)[C@@]1(NC(=O)[C@@H](NC(=O)OCc2ccc(Cl)cc2)C(C)C)CCc2[nH]c3c(Cl)cc(Cl)cc3c2C1. The van der Waals surface area contributed by atoms with Crippen molar-refractivity contribution in [1.29, 1.82) is 0 Å². The first-order valence-electron chi connectivity index (χ1n) is 14.3. The van der Waals surface area contributed by atoms with Crippen molar-refractivity contribution in [2.45, 2.75) is 70.7 Å². The highest BCUT2D eigenvalue weighted by molar-refractivity contribution is 6.38. The number of likely N-dealkylation sites (N-methyl/N-ethyl adjacent to an activating group) is 1. The molecule has 0 bridgehead atoms. The molecule has 10 nitrogen and oxygen atoms in total. The van der Waals surface area contributed by atoms with Crippen LogP contribution in [0, 0.1) is 5.92 Å². The minimum Gasteiger partial charge on any atom is -0.445 e. The van der Waals surface area contributed by atoms with E-state index in [2.05, 4.69) is 15.6 Å². The van der Waals surface area contributed by atoms with E-state index in [0.29, 0.717) is 33.4 Å². The highest BCUT2D eigenvalue weighted by Gasteiger charge is 2.48. The van der Waals surface area contributed by atoms with Gasteiger partial charge >= 0.3 is 6.09 Å². The number of hydrogen-bond donors (Lipinski definition) is 4. The third kappa shape index (κ3) is 7.08. The van der Waals surface area contributed by atoms with Crippen molar-refractivity contribution >= 4 is 69.5 Å². The van der Waals surface area contributed by atoms with E-state index in [1.165, 1.54) is 11.9 Å². The lowest BCUT2D eigenvalue weighted by molar-refractivity contribution is -0.146. The number of fused-ring (bicyclic) bond motifs is 3. The first-order chi connectivity index (χ1) is 20.8. The molecular weight excluding hydrogens is 629 g/mol. The summed E-state index contributed by atoms with van der Waals surface area (Å²) < 4.78 is 5.35. The summed E-state index contributed by atoms with van der Waals surface area (Å²) in [6.45, 7) is 5.27. The lowest BCUT2D eigenvalue weighted by atomic mass is 9.78. The highest BCUT2D eigenvalue weighted by Crippen LogP contribution is 2.39. The van der Waals surface area contributed by atoms with Gasteiger partial charge in [0.25, 0.3) is 0 Å². The minimum atomic E-state index is -1.46. The van der Waals surface area contributed by atoms with E-state index in [9.17, 15) is 19.2 Å². The Morgan fingerprint density at radius 3 is 2.39 bits per heavy atom. The van der Waals surface area contributed by atoms with Crippen molar-refractivity contribution in [3.05, 3.63) is 68.3 Å². The molecule has 0 aliphatic heterocycles. The van der Waals surface area contributed by atoms with Gasteiger partial charge in [0.05, 0.1) is 10.5 Å². The van der Waals surface area contributed by atoms with Gasteiger partial charge in [-0.1, -0.05) is 67.7 Å². The zero-order valence-corrected chi connectivity index (χ0v) is 27.2. The number of hydrogen-bond acceptors (Lipinski definition) is 5. The standard InChI is InChI=1S/C31H36Cl3N5O5/c1-5-24(27(35)40)39(4)29(42)31(11-10-23-21(14-31)20-12-19(33)13-22(34)26(20)36-23)38-28(41)25(16(2)3)37-30(43)44-15-17-6-8-18(32)9-7-17/h6-9,12-13,16,24-25,36H,5,10-11,14-15H2,1-4H3,(H2,35,40)(H,37,43)(H,38,41)/t24-,25-,31+/m0/s1. The van der Waals surface area contributed by atoms with Crippen LogP contribution >= 0.6 is 34.8 Å². The number of carbonyl (C=O) groups excluding carboxylic acids is 4. The number of H-pyrrole nitrogens is 1. The van der Waals surface area contributed by atoms with Gasteiger partial charge in [-0.25, -0.2) is 4.79 Å². The van der Waals surface area contributed by atoms with Gasteiger partial charge in [-0.05, 0) is 60.6 Å². The second-order valence-electron chi connectivity index (χ2n) is 11.5. The second kappa shape index (κ2) is 13.7. The number of alkyl carbamates (subject to hydrolysis) is 1. The van der Waals surface area contributed by atoms with Gasteiger partial charge in [-0.3, -0.25) is 14.4 Å². The summed E-state index contributed by atoms with van der Waals surface area (Å²) >= 11 is 18.7. The molecule has 4 rings (SSSR count). The molecular formula is C31H36Cl3N5O5. The van der Waals surface area contributed by atoms with Crippen molar-refractivity contribution in [2.75, 3.05) is 7.05 Å². The third-order valence-electron chi connectivity index (χ3n) is 8.08. The van der Waals surface area contributed by atoms with E-state index in [1.54, 1.807) is 57.2 Å². The number of aryl methyl sites for hydroxylation is 1. The molecule has 1 aromatic heterocycles. The van der Waals surface area contributed by atoms with Gasteiger partial charge in [0, 0.05) is 34.6 Å². The first-order valence-corrected chi connectivity index (χ1v) is 15.4. The van der Waals surface area contributed by atoms with Gasteiger partial charge in [0.1, 0.15) is 24.2 Å². The molecule has 5 N–H and O–H groups in total. The Hall–Kier alpha value is -3.47. The van der Waals surface area contributed by atoms with Crippen LogP contribution in [-0.2, 0) is 38.6 Å². The largest absolute Gasteiger partial charge is 0.445 e. The Balaban J connectivity index is 1.64. The van der Waals surface area contributed by atoms with Crippen LogP contribution in [0.3, 0.4) is 0 Å². The molecule has 0 fully saturated rings. The average Bonchev–Trinajstić information content (AvgIpc) is 3.32. The van der Waals surface area contributed by atoms with E-state index < -0.39 is 41.4 Å². The molecule has 3 atom stereocenters. The number of ether oxygens (including phenoxy) is 1. The van der Waals surface area contributed by atoms with Crippen LogP contribution in [0.1, 0.15) is 50.4 Å². The molecule has 1 aliphatic carbocycles. The Morgan fingerprint density at radius 1 is 1.09 bits per heavy atom. The van der Waals surface area contributed by atoms with Gasteiger partial charge in [0.15, 0.2) is 0 Å². The van der Waals surface area contributed by atoms with Crippen molar-refractivity contribution in [3.63, 3.8) is 0 Å². The molecule has 0 unspecified atom stereocenters. The molecule has 13 heteroatoms. The van der Waals surface area contributed by atoms with Gasteiger partial charge in [0.2, 0.25) is 17.7 Å². The number of aromatic amines is 1. The quantitative estimate of drug-likeness (QED) is 0.237. The summed E-state index contributed by atoms with van der Waals surface area (Å²) in [5.41, 5.74) is 7.21. The number of halogens is 3. The molecule has 0 saturated carbocycles. The van der Waals surface area contributed by atoms with Gasteiger partial charge in [-0.2, -0.15) is 0 Å². The van der Waals surface area contributed by atoms with E-state index in [4.69, 9.17) is 45.3 Å². The van der Waals surface area contributed by atoms with Crippen LogP contribution in [0.15, 0.2) is 36.4 Å². The van der Waals surface area contributed by atoms with Crippen molar-refractivity contribution in [2.24, 2.45) is 11.7 Å². The number of rotatable bonds is 10. The van der Waals surface area contributed by atoms with Crippen LogP contribution < -0.4 is 16.4 Å². The Kier molecular flexibility index (Phi) is 10.4. The van der Waals surface area contributed by atoms with E-state index in [0.717, 1.165) is 22.2 Å². The fourth-order valence-corrected chi connectivity index (χ4v) is 6.37. The van der Waals surface area contributed by atoms with E-state index >= 15 is 0 Å². The summed E-state index contributed by atoms with van der Waals surface area (Å²) in [6.07, 6.45) is 0.204. The average molecular weight is 665 g/mol. The smallest absolute Gasteiger partial charge is 0.408 e. The van der Waals surface area contributed by atoms with Gasteiger partial charge in [-0.15, -0.1) is 0 Å². The Bertz CT molecular complexity index is 1570. The van der Waals surface area contributed by atoms with Gasteiger partial charge < -0.3 is 31.0 Å². The van der Waals surface area contributed by atoms with Crippen molar-refractivity contribution in [1.82, 2.24) is 20.5 Å². The maximum absolute atomic E-state index is 14.3. The lowest BCUT2D eigenvalue weighted by Gasteiger charge is -2.41. The molecule has 4 amide bonds. The number of nitrogens with zero attached hydrogens (tertiary/aromatic N) is 1.